The summed E-state index contributed by atoms with van der Waals surface area (Å²) in [4.78, 5) is 111. The van der Waals surface area contributed by atoms with E-state index in [0.29, 0.717) is 0 Å². The molecule has 3 fully saturated rings. The molecule has 0 saturated carbocycles. The van der Waals surface area contributed by atoms with Gasteiger partial charge in [-0.2, -0.15) is 8.62 Å². The highest BCUT2D eigenvalue weighted by molar-refractivity contribution is 7.66. The quantitative estimate of drug-likeness (QED) is 0.0242. The number of amides is 1. The number of aliphatic hydroxyl groups excluding tert-OH is 3. The molecule has 38 nitrogen and oxygen atoms in total. The molecule has 0 aromatic carbocycles. The van der Waals surface area contributed by atoms with E-state index in [0.717, 1.165) is 41.2 Å². The summed E-state index contributed by atoms with van der Waals surface area (Å²) in [5.41, 5.74) is 14.4. The Kier molecular flexibility index (Phi) is 16.0. The van der Waals surface area contributed by atoms with Gasteiger partial charge in [0.2, 0.25) is 17.7 Å². The summed E-state index contributed by atoms with van der Waals surface area (Å²) in [6.07, 6.45) is -14.7. The molecule has 3 saturated heterocycles. The molecule has 0 radical (unpaired) electrons. The largest absolute Gasteiger partial charge is 0.490 e. The molecule has 4 unspecified atom stereocenters. The lowest BCUT2D eigenvalue weighted by atomic mass is 9.94. The molecular formula is C33H46N13O25P4+. The van der Waals surface area contributed by atoms with Crippen molar-refractivity contribution in [2.75, 3.05) is 38.4 Å². The molecule has 5 aromatic rings. The molecule has 16 atom stereocenters. The number of aromatic amines is 2. The zero-order chi connectivity index (χ0) is 54.7. The summed E-state index contributed by atoms with van der Waals surface area (Å²) in [6, 6.07) is 0.918. The SMILES string of the molecule is CO[C@@H]1[C@H](OP(=O)(O)OC[C@H]2O[C@@H](n3ccc(=O)[nH]c3=O)[C@H](O)[C@@H]2O)[C@@H](COP(=O)(O)OP(=O)(O)OP(=O)(O)OC[C@H]2O[C@@H]([n+]3cn(C)c4c(=O)[nH]c(N)nc43)[C@H](O)[C@@H]2CC(N)=O)O[C@H]1n1cnc2c(N)ncnc21. The normalized spacial score (nSPS) is 30.3. The van der Waals surface area contributed by atoms with Crippen molar-refractivity contribution in [1.82, 2.24) is 43.6 Å². The molecule has 8 heterocycles. The molecule has 3 aliphatic rings. The average Bonchev–Trinajstić information content (AvgIpc) is 4.10. The highest BCUT2D eigenvalue weighted by Crippen LogP contribution is 2.68. The minimum Gasteiger partial charge on any atom is -0.387 e. The first-order valence-corrected chi connectivity index (χ1v) is 27.2. The maximum Gasteiger partial charge on any atom is 0.490 e. The van der Waals surface area contributed by atoms with Crippen LogP contribution in [0.3, 0.4) is 0 Å². The summed E-state index contributed by atoms with van der Waals surface area (Å²) >= 11 is 0. The number of carbonyl (C=O) groups is 1. The van der Waals surface area contributed by atoms with E-state index in [1.54, 1.807) is 0 Å². The van der Waals surface area contributed by atoms with Crippen LogP contribution in [0.15, 0.2) is 45.6 Å². The van der Waals surface area contributed by atoms with E-state index in [4.69, 9.17) is 54.2 Å². The Balaban J connectivity index is 0.944. The second-order valence-corrected chi connectivity index (χ2v) is 22.6. The Morgan fingerprint density at radius 2 is 1.44 bits per heavy atom. The number of hydrogen-bond donors (Lipinski definition) is 12. The molecule has 1 amide bonds. The Morgan fingerprint density at radius 1 is 0.800 bits per heavy atom. The Hall–Kier alpha value is -5.11. The fraction of sp³-hybridized carbons (Fsp3) is 0.545. The lowest BCUT2D eigenvalue weighted by Gasteiger charge is -2.26. The van der Waals surface area contributed by atoms with Crippen molar-refractivity contribution in [2.24, 2.45) is 18.7 Å². The molecule has 0 aliphatic carbocycles. The van der Waals surface area contributed by atoms with Crippen LogP contribution in [0.5, 0.6) is 0 Å². The number of primary amides is 1. The van der Waals surface area contributed by atoms with Gasteiger partial charge in [-0.1, -0.05) is 4.98 Å². The summed E-state index contributed by atoms with van der Waals surface area (Å²) in [5.74, 6) is -2.71. The van der Waals surface area contributed by atoms with Crippen LogP contribution in [-0.4, -0.2) is 160 Å². The van der Waals surface area contributed by atoms with Gasteiger partial charge < -0.3 is 71.0 Å². The van der Waals surface area contributed by atoms with Gasteiger partial charge in [0.1, 0.15) is 54.6 Å². The number of H-pyrrole nitrogens is 2. The van der Waals surface area contributed by atoms with Gasteiger partial charge in [0.15, 0.2) is 30.2 Å². The predicted molar refractivity (Wildman–Crippen MR) is 239 cm³/mol. The number of phosphoric ester groups is 3. The number of nitrogen functional groups attached to an aromatic ring is 2. The van der Waals surface area contributed by atoms with Crippen LogP contribution >= 0.6 is 31.3 Å². The van der Waals surface area contributed by atoms with Crippen LogP contribution in [0.25, 0.3) is 22.3 Å². The van der Waals surface area contributed by atoms with E-state index in [1.807, 2.05) is 4.98 Å². The number of anilines is 2. The molecule has 412 valence electrons. The third kappa shape index (κ3) is 12.1. The number of aliphatic hydroxyl groups is 3. The molecule has 3 aliphatic heterocycles. The Bertz CT molecular complexity index is 3350. The minimum atomic E-state index is -6.24. The number of aryl methyl sites for hydroxylation is 1. The molecule has 0 spiro atoms. The van der Waals surface area contributed by atoms with E-state index in [-0.39, 0.29) is 34.1 Å². The number of ether oxygens (including phenoxy) is 4. The summed E-state index contributed by atoms with van der Waals surface area (Å²) in [5, 5.41) is 32.5. The first kappa shape index (κ1) is 56.1. The van der Waals surface area contributed by atoms with Crippen molar-refractivity contribution in [3.05, 3.63) is 62.4 Å². The van der Waals surface area contributed by atoms with Gasteiger partial charge in [0.05, 0.1) is 39.3 Å². The van der Waals surface area contributed by atoms with Crippen LogP contribution in [0, 0.1) is 5.92 Å². The number of nitrogens with two attached hydrogens (primary N) is 3. The lowest BCUT2D eigenvalue weighted by Crippen LogP contribution is -2.45. The fourth-order valence-electron chi connectivity index (χ4n) is 8.36. The molecule has 15 N–H and O–H groups in total. The van der Waals surface area contributed by atoms with Crippen molar-refractivity contribution in [3.63, 3.8) is 0 Å². The monoisotopic (exact) mass is 1150 g/mol. The molecule has 0 bridgehead atoms. The van der Waals surface area contributed by atoms with Crippen LogP contribution in [0.1, 0.15) is 25.1 Å². The van der Waals surface area contributed by atoms with E-state index < -0.39 is 154 Å². The molecule has 42 heteroatoms. The van der Waals surface area contributed by atoms with Crippen molar-refractivity contribution in [1.29, 1.82) is 0 Å². The number of fused-ring (bicyclic) bond motifs is 2. The maximum atomic E-state index is 13.6. The third-order valence-electron chi connectivity index (χ3n) is 11.6. The van der Waals surface area contributed by atoms with E-state index in [9.17, 15) is 72.3 Å². The predicted octanol–water partition coefficient (Wildman–Crippen LogP) is -4.75. The zero-order valence-corrected chi connectivity index (χ0v) is 41.8. The van der Waals surface area contributed by atoms with Gasteiger partial charge >= 0.3 is 42.6 Å². The molecular weight excluding hydrogens is 1100 g/mol. The van der Waals surface area contributed by atoms with Gasteiger partial charge in [0, 0.05) is 31.7 Å². The number of methoxy groups -OCH3 is 1. The third-order valence-corrected chi connectivity index (χ3v) is 16.8. The highest BCUT2D eigenvalue weighted by Gasteiger charge is 2.54. The van der Waals surface area contributed by atoms with Gasteiger partial charge in [-0.15, -0.1) is 0 Å². The highest BCUT2D eigenvalue weighted by atomic mass is 31.3. The standard InChI is InChI=1S/C33H45N13O25P4/c1-43-11-46(27-19(43)28(52)42-32(36)41-27)29-20(49)12(5-16(34)47)13(66-29)6-64-73(56,57)70-75(60,61)71-74(58,59)65-8-15-23(24(62-2)31(68-15)45-10-39-18-25(35)37-9-38-26(18)45)69-72(54,55)63-7-14-21(50)22(51)30(67-14)44-4-3-17(48)40-33(44)53/h3-4,9-15,20-24,29-31,49-51H,5-8H2,1-2H3,(H11-,34,35,36,37,38,40,41,42,47,48,52,53,54,55,56,57,58,59,60,61)/p+1/t12-,13-,14-,15-,20-,21-,22-,23-,24-,29-,30-,31-/m1/s1. The summed E-state index contributed by atoms with van der Waals surface area (Å²) in [7, 11) is -21.0. The number of rotatable bonds is 21. The van der Waals surface area contributed by atoms with Gasteiger partial charge in [-0.3, -0.25) is 56.1 Å². The molecule has 75 heavy (non-hydrogen) atoms. The van der Waals surface area contributed by atoms with Gasteiger partial charge in [-0.25, -0.2) is 42.6 Å². The Morgan fingerprint density at radius 3 is 2.09 bits per heavy atom. The van der Waals surface area contributed by atoms with Crippen molar-refractivity contribution in [2.45, 2.75) is 73.9 Å². The number of nitrogens with one attached hydrogen (secondary N) is 2. The number of phosphoric acid groups is 4. The van der Waals surface area contributed by atoms with E-state index in [2.05, 4.69) is 33.5 Å². The van der Waals surface area contributed by atoms with Crippen molar-refractivity contribution < 1.29 is 108 Å². The minimum absolute atomic E-state index is 0.00569. The molecule has 8 rings (SSSR count). The van der Waals surface area contributed by atoms with Gasteiger partial charge in [0.25, 0.3) is 17.1 Å². The number of nitrogens with zero attached hydrogens (tertiary/aromatic N) is 8. The van der Waals surface area contributed by atoms with Crippen molar-refractivity contribution in [3.8, 4) is 0 Å². The number of carbonyl (C=O) groups excluding carboxylic acids is 1. The van der Waals surface area contributed by atoms with E-state index >= 15 is 0 Å². The number of hydrogen-bond acceptors (Lipinski definition) is 27. The fourth-order valence-corrected chi connectivity index (χ4v) is 12.8. The zero-order valence-electron chi connectivity index (χ0n) is 38.2. The lowest BCUT2D eigenvalue weighted by molar-refractivity contribution is -0.745. The average molecular weight is 1150 g/mol. The second-order valence-electron chi connectivity index (χ2n) is 16.6. The maximum absolute atomic E-state index is 13.6. The number of aromatic nitrogens is 10. The van der Waals surface area contributed by atoms with Crippen molar-refractivity contribution >= 4 is 71.3 Å². The van der Waals surface area contributed by atoms with Gasteiger partial charge in [-0.05, 0) is 0 Å². The topological polar surface area (TPSA) is 550 Å². The van der Waals surface area contributed by atoms with Crippen LogP contribution in [-0.2, 0) is 75.8 Å². The smallest absolute Gasteiger partial charge is 0.387 e. The van der Waals surface area contributed by atoms with E-state index in [1.165, 1.54) is 22.5 Å². The summed E-state index contributed by atoms with van der Waals surface area (Å²) in [6.45, 7) is -3.41. The van der Waals surface area contributed by atoms with Crippen LogP contribution in [0.4, 0.5) is 11.8 Å². The second kappa shape index (κ2) is 21.4. The van der Waals surface area contributed by atoms with Crippen LogP contribution in [0.2, 0.25) is 0 Å². The summed E-state index contributed by atoms with van der Waals surface area (Å²) < 4.78 is 109. The Labute approximate surface area is 415 Å². The first-order valence-electron chi connectivity index (χ1n) is 21.3. The first-order chi connectivity index (χ1) is 35.1. The van der Waals surface area contributed by atoms with Crippen LogP contribution < -0.4 is 38.6 Å². The number of imidazole rings is 2. The molecule has 5 aromatic heterocycles.